The van der Waals surface area contributed by atoms with Crippen molar-refractivity contribution in [3.05, 3.63) is 57.2 Å². The topological polar surface area (TPSA) is 66.5 Å². The van der Waals surface area contributed by atoms with Crippen LogP contribution in [-0.2, 0) is 14.8 Å². The van der Waals surface area contributed by atoms with Gasteiger partial charge in [0.1, 0.15) is 0 Å². The molecular weight excluding hydrogens is 439 g/mol. The van der Waals surface area contributed by atoms with Gasteiger partial charge in [0.2, 0.25) is 15.9 Å². The fourth-order valence-electron chi connectivity index (χ4n) is 2.11. The Balaban J connectivity index is 2.11. The third-order valence-corrected chi connectivity index (χ3v) is 6.13. The highest BCUT2D eigenvalue weighted by Gasteiger charge is 2.23. The van der Waals surface area contributed by atoms with Gasteiger partial charge in [-0.3, -0.25) is 4.79 Å². The molecule has 128 valence electrons. The number of carbonyl (C=O) groups excluding carboxylic acids is 1. The van der Waals surface area contributed by atoms with Crippen molar-refractivity contribution in [1.29, 1.82) is 0 Å². The summed E-state index contributed by atoms with van der Waals surface area (Å²) < 4.78 is 27.2. The molecule has 0 spiro atoms. The van der Waals surface area contributed by atoms with Gasteiger partial charge in [0.25, 0.3) is 0 Å². The monoisotopic (exact) mass is 458 g/mol. The van der Waals surface area contributed by atoms with Gasteiger partial charge >= 0.3 is 0 Å². The summed E-state index contributed by atoms with van der Waals surface area (Å²) in [5, 5.41) is 2.71. The molecule has 1 amide bonds. The lowest BCUT2D eigenvalue weighted by atomic mass is 10.1. The average Bonchev–Trinajstić information content (AvgIpc) is 2.49. The predicted octanol–water partition coefficient (Wildman–Crippen LogP) is 3.17. The van der Waals surface area contributed by atoms with E-state index >= 15 is 0 Å². The minimum absolute atomic E-state index is 0.190. The number of hydrogen-bond donors (Lipinski definition) is 1. The average molecular weight is 458 g/mol. The van der Waals surface area contributed by atoms with Crippen molar-refractivity contribution in [2.45, 2.75) is 18.7 Å². The molecule has 0 aromatic heterocycles. The summed E-state index contributed by atoms with van der Waals surface area (Å²) in [7, 11) is -2.30. The quantitative estimate of drug-likeness (QED) is 0.701. The fraction of sp³-hybridized carbons (Fsp3) is 0.235. The number of nitrogens with one attached hydrogen (secondary N) is 1. The molecule has 0 heterocycles. The summed E-state index contributed by atoms with van der Waals surface area (Å²) in [5.41, 5.74) is 2.56. The molecule has 2 rings (SSSR count). The standard InChI is InChI=1S/C17H19IN2O3S/c1-12-7-8-16(9-13(12)2)24(22,23)20(3)11-17(21)19-15-6-4-5-14(18)10-15/h4-10H,11H2,1-3H3,(H,19,21). The zero-order valence-corrected chi connectivity index (χ0v) is 16.7. The van der Waals surface area contributed by atoms with E-state index in [1.165, 1.54) is 7.05 Å². The van der Waals surface area contributed by atoms with Crippen LogP contribution < -0.4 is 5.32 Å². The minimum atomic E-state index is -3.70. The summed E-state index contributed by atoms with van der Waals surface area (Å²) >= 11 is 2.15. The SMILES string of the molecule is Cc1ccc(S(=O)(=O)N(C)CC(=O)Nc2cccc(I)c2)cc1C. The second-order valence-electron chi connectivity index (χ2n) is 5.57. The van der Waals surface area contributed by atoms with Crippen molar-refractivity contribution in [2.75, 3.05) is 18.9 Å². The van der Waals surface area contributed by atoms with E-state index in [0.717, 1.165) is 19.0 Å². The molecule has 0 aliphatic rings. The Morgan fingerprint density at radius 3 is 2.46 bits per heavy atom. The molecule has 0 saturated heterocycles. The predicted molar refractivity (Wildman–Crippen MR) is 104 cm³/mol. The van der Waals surface area contributed by atoms with Gasteiger partial charge in [0, 0.05) is 16.3 Å². The largest absolute Gasteiger partial charge is 0.325 e. The first-order valence-electron chi connectivity index (χ1n) is 7.29. The van der Waals surface area contributed by atoms with Crippen molar-refractivity contribution in [3.8, 4) is 0 Å². The van der Waals surface area contributed by atoms with Crippen LogP contribution in [0.2, 0.25) is 0 Å². The van der Waals surface area contributed by atoms with E-state index < -0.39 is 10.0 Å². The number of hydrogen-bond acceptors (Lipinski definition) is 3. The first-order chi connectivity index (χ1) is 11.2. The lowest BCUT2D eigenvalue weighted by Gasteiger charge is -2.17. The van der Waals surface area contributed by atoms with Crippen LogP contribution in [0.4, 0.5) is 5.69 Å². The smallest absolute Gasteiger partial charge is 0.243 e. The minimum Gasteiger partial charge on any atom is -0.325 e. The molecule has 5 nitrogen and oxygen atoms in total. The number of amides is 1. The molecule has 2 aromatic carbocycles. The summed E-state index contributed by atoms with van der Waals surface area (Å²) in [4.78, 5) is 12.3. The molecule has 0 radical (unpaired) electrons. The van der Waals surface area contributed by atoms with Crippen LogP contribution in [0.5, 0.6) is 0 Å². The number of anilines is 1. The van der Waals surface area contributed by atoms with E-state index in [4.69, 9.17) is 0 Å². The lowest BCUT2D eigenvalue weighted by Crippen LogP contribution is -2.35. The zero-order valence-electron chi connectivity index (χ0n) is 13.7. The van der Waals surface area contributed by atoms with Gasteiger partial charge in [-0.05, 0) is 77.9 Å². The van der Waals surface area contributed by atoms with Crippen LogP contribution >= 0.6 is 22.6 Å². The molecule has 1 N–H and O–H groups in total. The molecule has 0 fully saturated rings. The lowest BCUT2D eigenvalue weighted by molar-refractivity contribution is -0.116. The van der Waals surface area contributed by atoms with Gasteiger partial charge < -0.3 is 5.32 Å². The Labute approximate surface area is 156 Å². The fourth-order valence-corrected chi connectivity index (χ4v) is 3.86. The highest BCUT2D eigenvalue weighted by molar-refractivity contribution is 14.1. The second-order valence-corrected chi connectivity index (χ2v) is 8.86. The molecule has 0 aliphatic carbocycles. The Morgan fingerprint density at radius 2 is 1.83 bits per heavy atom. The van der Waals surface area contributed by atoms with Crippen LogP contribution in [0.3, 0.4) is 0 Å². The summed E-state index contributed by atoms with van der Waals surface area (Å²) in [5.74, 6) is -0.382. The van der Waals surface area contributed by atoms with Crippen molar-refractivity contribution in [3.63, 3.8) is 0 Å². The van der Waals surface area contributed by atoms with E-state index in [1.54, 1.807) is 24.3 Å². The normalized spacial score (nSPS) is 11.5. The van der Waals surface area contributed by atoms with Gasteiger partial charge in [-0.1, -0.05) is 12.1 Å². The number of benzene rings is 2. The van der Waals surface area contributed by atoms with Crippen LogP contribution in [0.1, 0.15) is 11.1 Å². The Kier molecular flexibility index (Phi) is 6.00. The van der Waals surface area contributed by atoms with Crippen LogP contribution in [0.15, 0.2) is 47.4 Å². The van der Waals surface area contributed by atoms with Gasteiger partial charge in [0.15, 0.2) is 0 Å². The molecular formula is C17H19IN2O3S. The molecule has 0 saturated carbocycles. The molecule has 0 aliphatic heterocycles. The molecule has 2 aromatic rings. The number of likely N-dealkylation sites (N-methyl/N-ethyl adjacent to an activating group) is 1. The zero-order chi connectivity index (χ0) is 17.9. The molecule has 24 heavy (non-hydrogen) atoms. The third kappa shape index (κ3) is 4.55. The Bertz CT molecular complexity index is 866. The maximum atomic E-state index is 12.6. The summed E-state index contributed by atoms with van der Waals surface area (Å²) in [6.45, 7) is 3.53. The van der Waals surface area contributed by atoms with E-state index in [-0.39, 0.29) is 17.3 Å². The highest BCUT2D eigenvalue weighted by atomic mass is 127. The van der Waals surface area contributed by atoms with E-state index in [1.807, 2.05) is 32.0 Å². The van der Waals surface area contributed by atoms with Gasteiger partial charge in [-0.2, -0.15) is 4.31 Å². The van der Waals surface area contributed by atoms with Crippen LogP contribution in [0, 0.1) is 17.4 Å². The molecule has 7 heteroatoms. The summed E-state index contributed by atoms with van der Waals surface area (Å²) in [6.07, 6.45) is 0. The van der Waals surface area contributed by atoms with Crippen LogP contribution in [-0.4, -0.2) is 32.2 Å². The number of nitrogens with zero attached hydrogens (tertiary/aromatic N) is 1. The molecule has 0 unspecified atom stereocenters. The van der Waals surface area contributed by atoms with E-state index in [9.17, 15) is 13.2 Å². The first kappa shape index (κ1) is 18.9. The Hall–Kier alpha value is -1.45. The number of aryl methyl sites for hydroxylation is 2. The number of halogens is 1. The van der Waals surface area contributed by atoms with Crippen molar-refractivity contribution < 1.29 is 13.2 Å². The number of sulfonamides is 1. The highest BCUT2D eigenvalue weighted by Crippen LogP contribution is 2.18. The maximum absolute atomic E-state index is 12.6. The van der Waals surface area contributed by atoms with Gasteiger partial charge in [0.05, 0.1) is 11.4 Å². The van der Waals surface area contributed by atoms with Crippen molar-refractivity contribution in [2.24, 2.45) is 0 Å². The second kappa shape index (κ2) is 7.62. The number of carbonyl (C=O) groups is 1. The van der Waals surface area contributed by atoms with Crippen molar-refractivity contribution >= 4 is 44.2 Å². The maximum Gasteiger partial charge on any atom is 0.243 e. The first-order valence-corrected chi connectivity index (χ1v) is 9.81. The van der Waals surface area contributed by atoms with Crippen LogP contribution in [0.25, 0.3) is 0 Å². The number of rotatable bonds is 5. The molecule has 0 atom stereocenters. The van der Waals surface area contributed by atoms with Gasteiger partial charge in [-0.25, -0.2) is 8.42 Å². The van der Waals surface area contributed by atoms with Gasteiger partial charge in [-0.15, -0.1) is 0 Å². The van der Waals surface area contributed by atoms with E-state index in [2.05, 4.69) is 27.9 Å². The summed E-state index contributed by atoms with van der Waals surface area (Å²) in [6, 6.07) is 12.3. The van der Waals surface area contributed by atoms with Crippen molar-refractivity contribution in [1.82, 2.24) is 4.31 Å². The Morgan fingerprint density at radius 1 is 1.12 bits per heavy atom. The molecule has 0 bridgehead atoms. The third-order valence-electron chi connectivity index (χ3n) is 3.66. The van der Waals surface area contributed by atoms with E-state index in [0.29, 0.717) is 5.69 Å².